The second kappa shape index (κ2) is 8.35. The van der Waals surface area contributed by atoms with Gasteiger partial charge in [0.1, 0.15) is 5.82 Å². The van der Waals surface area contributed by atoms with E-state index >= 15 is 0 Å². The van der Waals surface area contributed by atoms with E-state index in [1.807, 2.05) is 6.07 Å². The molecule has 5 heteroatoms. The molecular formula is C14H21FIN3. The Kier molecular flexibility index (Phi) is 7.12. The van der Waals surface area contributed by atoms with Crippen LogP contribution in [0.3, 0.4) is 0 Å². The average Bonchev–Trinajstić information content (AvgIpc) is 3.13. The van der Waals surface area contributed by atoms with Crippen LogP contribution in [0.1, 0.15) is 25.3 Å². The van der Waals surface area contributed by atoms with Crippen molar-refractivity contribution in [2.24, 2.45) is 4.99 Å². The Bertz CT molecular complexity index is 419. The van der Waals surface area contributed by atoms with Crippen LogP contribution >= 0.6 is 24.0 Å². The van der Waals surface area contributed by atoms with E-state index < -0.39 is 0 Å². The Morgan fingerprint density at radius 2 is 2.21 bits per heavy atom. The van der Waals surface area contributed by atoms with Gasteiger partial charge in [-0.25, -0.2) is 4.39 Å². The lowest BCUT2D eigenvalue weighted by molar-refractivity contribution is 0.625. The van der Waals surface area contributed by atoms with E-state index in [1.54, 1.807) is 12.1 Å². The first kappa shape index (κ1) is 16.2. The summed E-state index contributed by atoms with van der Waals surface area (Å²) >= 11 is 0. The van der Waals surface area contributed by atoms with Crippen LogP contribution in [0.5, 0.6) is 0 Å². The van der Waals surface area contributed by atoms with Crippen LogP contribution in [-0.4, -0.2) is 25.1 Å². The van der Waals surface area contributed by atoms with Gasteiger partial charge in [-0.1, -0.05) is 12.1 Å². The summed E-state index contributed by atoms with van der Waals surface area (Å²) in [5.41, 5.74) is 0.987. The van der Waals surface area contributed by atoms with Crippen LogP contribution in [0.25, 0.3) is 0 Å². The zero-order chi connectivity index (χ0) is 12.8. The number of benzene rings is 1. The second-order valence-corrected chi connectivity index (χ2v) is 4.56. The van der Waals surface area contributed by atoms with E-state index in [2.05, 4.69) is 22.5 Å². The largest absolute Gasteiger partial charge is 0.357 e. The quantitative estimate of drug-likeness (QED) is 0.470. The average molecular weight is 377 g/mol. The van der Waals surface area contributed by atoms with E-state index in [1.165, 1.54) is 18.9 Å². The molecule has 0 unspecified atom stereocenters. The van der Waals surface area contributed by atoms with Gasteiger partial charge in [-0.2, -0.15) is 0 Å². The first-order chi connectivity index (χ1) is 8.78. The smallest absolute Gasteiger partial charge is 0.191 e. The summed E-state index contributed by atoms with van der Waals surface area (Å²) in [6.07, 6.45) is 3.22. The topological polar surface area (TPSA) is 36.4 Å². The van der Waals surface area contributed by atoms with Crippen molar-refractivity contribution in [3.63, 3.8) is 0 Å². The normalized spacial score (nSPS) is 14.7. The number of nitrogens with one attached hydrogen (secondary N) is 2. The highest BCUT2D eigenvalue weighted by molar-refractivity contribution is 14.0. The fourth-order valence-electron chi connectivity index (χ4n) is 1.73. The highest BCUT2D eigenvalue weighted by atomic mass is 127. The minimum absolute atomic E-state index is 0. The third-order valence-electron chi connectivity index (χ3n) is 2.82. The predicted molar refractivity (Wildman–Crippen MR) is 87.7 cm³/mol. The molecule has 0 aromatic heterocycles. The Hall–Kier alpha value is -0.850. The molecule has 1 aromatic carbocycles. The van der Waals surface area contributed by atoms with Crippen molar-refractivity contribution in [1.82, 2.24) is 10.6 Å². The second-order valence-electron chi connectivity index (χ2n) is 4.56. The van der Waals surface area contributed by atoms with E-state index in [-0.39, 0.29) is 29.8 Å². The molecule has 2 rings (SSSR count). The fraction of sp³-hybridized carbons (Fsp3) is 0.500. The zero-order valence-corrected chi connectivity index (χ0v) is 13.5. The maximum Gasteiger partial charge on any atom is 0.191 e. The summed E-state index contributed by atoms with van der Waals surface area (Å²) in [6, 6.07) is 7.29. The number of guanidine groups is 1. The number of halogens is 2. The van der Waals surface area contributed by atoms with Gasteiger partial charge in [0.15, 0.2) is 5.96 Å². The van der Waals surface area contributed by atoms with Crippen LogP contribution in [0.15, 0.2) is 29.3 Å². The van der Waals surface area contributed by atoms with Crippen LogP contribution in [-0.2, 0) is 6.42 Å². The maximum atomic E-state index is 13.0. The Labute approximate surface area is 131 Å². The number of hydrogen-bond acceptors (Lipinski definition) is 1. The molecule has 1 fully saturated rings. The molecular weight excluding hydrogens is 356 g/mol. The fourth-order valence-corrected chi connectivity index (χ4v) is 1.73. The molecule has 1 saturated carbocycles. The van der Waals surface area contributed by atoms with Gasteiger partial charge >= 0.3 is 0 Å². The molecule has 2 N–H and O–H groups in total. The molecule has 0 bridgehead atoms. The molecule has 0 aliphatic heterocycles. The first-order valence-corrected chi connectivity index (χ1v) is 6.57. The molecule has 0 spiro atoms. The summed E-state index contributed by atoms with van der Waals surface area (Å²) in [4.78, 5) is 4.49. The van der Waals surface area contributed by atoms with Crippen LogP contribution in [0.2, 0.25) is 0 Å². The number of aliphatic imine (C=N–C) groups is 1. The Morgan fingerprint density at radius 1 is 1.42 bits per heavy atom. The monoisotopic (exact) mass is 377 g/mol. The van der Waals surface area contributed by atoms with Gasteiger partial charge in [-0.15, -0.1) is 24.0 Å². The molecule has 0 saturated heterocycles. The van der Waals surface area contributed by atoms with Crippen molar-refractivity contribution in [2.75, 3.05) is 13.1 Å². The predicted octanol–water partition coefficient (Wildman–Crippen LogP) is 2.70. The molecule has 0 atom stereocenters. The summed E-state index contributed by atoms with van der Waals surface area (Å²) in [5, 5.41) is 6.57. The molecule has 0 heterocycles. The maximum absolute atomic E-state index is 13.0. The molecule has 1 aromatic rings. The summed E-state index contributed by atoms with van der Waals surface area (Å²) in [7, 11) is 0. The van der Waals surface area contributed by atoms with Gasteiger partial charge in [0.25, 0.3) is 0 Å². The van der Waals surface area contributed by atoms with Crippen molar-refractivity contribution < 1.29 is 4.39 Å². The lowest BCUT2D eigenvalue weighted by atomic mass is 10.1. The summed E-state index contributed by atoms with van der Waals surface area (Å²) in [5.74, 6) is 0.691. The zero-order valence-electron chi connectivity index (χ0n) is 11.2. The lowest BCUT2D eigenvalue weighted by Crippen LogP contribution is -2.38. The third kappa shape index (κ3) is 6.22. The van der Waals surface area contributed by atoms with Gasteiger partial charge in [0.05, 0.1) is 0 Å². The van der Waals surface area contributed by atoms with Crippen LogP contribution in [0.4, 0.5) is 4.39 Å². The number of rotatable bonds is 5. The number of nitrogens with zero attached hydrogens (tertiary/aromatic N) is 1. The van der Waals surface area contributed by atoms with Gasteiger partial charge in [-0.3, -0.25) is 4.99 Å². The third-order valence-corrected chi connectivity index (χ3v) is 2.82. The van der Waals surface area contributed by atoms with E-state index in [0.717, 1.165) is 24.5 Å². The highest BCUT2D eigenvalue weighted by Crippen LogP contribution is 2.18. The molecule has 106 valence electrons. The minimum atomic E-state index is -0.181. The highest BCUT2D eigenvalue weighted by Gasteiger charge is 2.21. The van der Waals surface area contributed by atoms with Crippen molar-refractivity contribution in [2.45, 2.75) is 32.2 Å². The molecule has 0 amide bonds. The van der Waals surface area contributed by atoms with Gasteiger partial charge in [0, 0.05) is 19.1 Å². The van der Waals surface area contributed by atoms with Gasteiger partial charge in [-0.05, 0) is 43.9 Å². The summed E-state index contributed by atoms with van der Waals surface area (Å²) < 4.78 is 13.0. The van der Waals surface area contributed by atoms with E-state index in [9.17, 15) is 4.39 Å². The Balaban J connectivity index is 0.00000180. The van der Waals surface area contributed by atoms with Crippen molar-refractivity contribution >= 4 is 29.9 Å². The number of hydrogen-bond donors (Lipinski definition) is 2. The molecule has 0 radical (unpaired) electrons. The SMILES string of the molecule is CCNC(=NCCc1cccc(F)c1)NC1CC1.I. The standard InChI is InChI=1S/C14H20FN3.HI/c1-2-16-14(18-13-6-7-13)17-9-8-11-4-3-5-12(15)10-11;/h3-5,10,13H,2,6-9H2,1H3,(H2,16,17,18);1H. The van der Waals surface area contributed by atoms with Crippen molar-refractivity contribution in [3.8, 4) is 0 Å². The first-order valence-electron chi connectivity index (χ1n) is 6.57. The molecule has 1 aliphatic rings. The lowest BCUT2D eigenvalue weighted by Gasteiger charge is -2.10. The summed E-state index contributed by atoms with van der Waals surface area (Å²) in [6.45, 7) is 3.58. The van der Waals surface area contributed by atoms with Crippen molar-refractivity contribution in [1.29, 1.82) is 0 Å². The van der Waals surface area contributed by atoms with E-state index in [4.69, 9.17) is 0 Å². The van der Waals surface area contributed by atoms with Crippen LogP contribution < -0.4 is 10.6 Å². The van der Waals surface area contributed by atoms with Crippen LogP contribution in [0, 0.1) is 5.82 Å². The molecule has 3 nitrogen and oxygen atoms in total. The molecule has 19 heavy (non-hydrogen) atoms. The van der Waals surface area contributed by atoms with Gasteiger partial charge in [0.2, 0.25) is 0 Å². The molecule has 1 aliphatic carbocycles. The minimum Gasteiger partial charge on any atom is -0.357 e. The Morgan fingerprint density at radius 3 is 2.84 bits per heavy atom. The van der Waals surface area contributed by atoms with Gasteiger partial charge < -0.3 is 10.6 Å². The van der Waals surface area contributed by atoms with Crippen molar-refractivity contribution in [3.05, 3.63) is 35.6 Å². The van der Waals surface area contributed by atoms with E-state index in [0.29, 0.717) is 12.6 Å².